The first-order valence-electron chi connectivity index (χ1n) is 5.02. The van der Waals surface area contributed by atoms with Crippen LogP contribution in [0.2, 0.25) is 6.04 Å². The fraction of sp³-hybridized carbons (Fsp3) is 0.700. The average molecular weight is 248 g/mol. The van der Waals surface area contributed by atoms with Crippen molar-refractivity contribution in [2.75, 3.05) is 34.5 Å². The molecule has 0 amide bonds. The summed E-state index contributed by atoms with van der Waals surface area (Å²) in [5.41, 5.74) is 0. The van der Waals surface area contributed by atoms with Crippen molar-refractivity contribution in [3.8, 4) is 0 Å². The second-order valence-corrected chi connectivity index (χ2v) is 6.21. The molecule has 94 valence electrons. The lowest BCUT2D eigenvalue weighted by atomic mass is 10.4. The summed E-state index contributed by atoms with van der Waals surface area (Å²) in [6.45, 7) is 3.91. The highest BCUT2D eigenvalue weighted by atomic mass is 28.4. The molecule has 0 heterocycles. The summed E-state index contributed by atoms with van der Waals surface area (Å²) in [6.07, 6.45) is 1.98. The highest BCUT2D eigenvalue weighted by Gasteiger charge is 2.36. The largest absolute Gasteiger partial charge is 0.500 e. The van der Waals surface area contributed by atoms with Gasteiger partial charge in [-0.3, -0.25) is 4.79 Å². The third kappa shape index (κ3) is 5.52. The van der Waals surface area contributed by atoms with Gasteiger partial charge >= 0.3 is 8.80 Å². The Morgan fingerprint density at radius 1 is 1.25 bits per heavy atom. The molecule has 0 rings (SSSR count). The zero-order valence-electron chi connectivity index (χ0n) is 10.2. The molecule has 5 nitrogen and oxygen atoms in total. The van der Waals surface area contributed by atoms with E-state index in [1.807, 2.05) is 0 Å². The van der Waals surface area contributed by atoms with Gasteiger partial charge in [0.05, 0.1) is 0 Å². The molecule has 16 heavy (non-hydrogen) atoms. The Labute approximate surface area is 97.7 Å². The van der Waals surface area contributed by atoms with E-state index >= 15 is 0 Å². The Morgan fingerprint density at radius 3 is 2.25 bits per heavy atom. The lowest BCUT2D eigenvalue weighted by Crippen LogP contribution is -2.42. The summed E-state index contributed by atoms with van der Waals surface area (Å²) in [4.78, 5) is 10.8. The van der Waals surface area contributed by atoms with Crippen LogP contribution >= 0.6 is 0 Å². The third-order valence-corrected chi connectivity index (χ3v) is 5.01. The van der Waals surface area contributed by atoms with Crippen molar-refractivity contribution in [1.82, 2.24) is 0 Å². The molecule has 0 bridgehead atoms. The fourth-order valence-corrected chi connectivity index (χ4v) is 2.87. The molecule has 0 aromatic heterocycles. The van der Waals surface area contributed by atoms with Crippen molar-refractivity contribution in [3.63, 3.8) is 0 Å². The Kier molecular flexibility index (Phi) is 8.31. The van der Waals surface area contributed by atoms with Crippen LogP contribution in [0, 0.1) is 0 Å². The van der Waals surface area contributed by atoms with E-state index < -0.39 is 8.80 Å². The smallest absolute Gasteiger partial charge is 0.377 e. The van der Waals surface area contributed by atoms with Gasteiger partial charge in [-0.15, -0.1) is 0 Å². The lowest BCUT2D eigenvalue weighted by Gasteiger charge is -2.24. The van der Waals surface area contributed by atoms with E-state index in [0.717, 1.165) is 6.42 Å². The quantitative estimate of drug-likeness (QED) is 0.328. The van der Waals surface area contributed by atoms with Crippen molar-refractivity contribution in [3.05, 3.63) is 12.7 Å². The van der Waals surface area contributed by atoms with E-state index in [1.165, 1.54) is 6.08 Å². The van der Waals surface area contributed by atoms with Crippen molar-refractivity contribution in [1.29, 1.82) is 0 Å². The molecule has 0 aromatic rings. The van der Waals surface area contributed by atoms with E-state index in [0.29, 0.717) is 12.7 Å². The maximum absolute atomic E-state index is 10.8. The van der Waals surface area contributed by atoms with E-state index in [1.54, 1.807) is 21.3 Å². The molecule has 0 aliphatic heterocycles. The van der Waals surface area contributed by atoms with Gasteiger partial charge < -0.3 is 18.0 Å². The zero-order valence-corrected chi connectivity index (χ0v) is 11.2. The predicted molar refractivity (Wildman–Crippen MR) is 62.2 cm³/mol. The van der Waals surface area contributed by atoms with E-state index in [-0.39, 0.29) is 12.4 Å². The molecular weight excluding hydrogens is 228 g/mol. The minimum absolute atomic E-state index is 0.0744. The molecule has 0 radical (unpaired) electrons. The minimum atomic E-state index is -2.49. The minimum Gasteiger partial charge on any atom is -0.377 e. The Bertz CT molecular complexity index is 207. The van der Waals surface area contributed by atoms with Crippen LogP contribution in [0.4, 0.5) is 0 Å². The molecule has 0 N–H and O–H groups in total. The number of hydrogen-bond acceptors (Lipinski definition) is 5. The van der Waals surface area contributed by atoms with Gasteiger partial charge in [0.2, 0.25) is 0 Å². The maximum atomic E-state index is 10.8. The number of carbonyl (C=O) groups excluding carboxylic acids is 1. The van der Waals surface area contributed by atoms with Gasteiger partial charge in [-0.1, -0.05) is 6.58 Å². The predicted octanol–water partition coefficient (Wildman–Crippen LogP) is 1.03. The van der Waals surface area contributed by atoms with Crippen molar-refractivity contribution in [2.45, 2.75) is 12.5 Å². The molecule has 0 unspecified atom stereocenters. The van der Waals surface area contributed by atoms with E-state index in [9.17, 15) is 4.79 Å². The molecule has 6 heteroatoms. The van der Waals surface area contributed by atoms with Crippen molar-refractivity contribution < 1.29 is 22.8 Å². The van der Waals surface area contributed by atoms with Gasteiger partial charge in [-0.05, 0) is 12.5 Å². The number of ketones is 1. The highest BCUT2D eigenvalue weighted by molar-refractivity contribution is 6.60. The molecular formula is C10H20O5Si. The molecule has 0 fully saturated rings. The molecule has 0 aliphatic rings. The maximum Gasteiger partial charge on any atom is 0.500 e. The van der Waals surface area contributed by atoms with Crippen LogP contribution in [0.25, 0.3) is 0 Å². The topological polar surface area (TPSA) is 54.0 Å². The molecule has 0 aromatic carbocycles. The fourth-order valence-electron chi connectivity index (χ4n) is 1.18. The molecule has 0 saturated carbocycles. The summed E-state index contributed by atoms with van der Waals surface area (Å²) in [5, 5.41) is 0. The summed E-state index contributed by atoms with van der Waals surface area (Å²) < 4.78 is 20.9. The van der Waals surface area contributed by atoms with Crippen LogP contribution < -0.4 is 0 Å². The van der Waals surface area contributed by atoms with Gasteiger partial charge in [0.1, 0.15) is 6.61 Å². The number of ether oxygens (including phenoxy) is 1. The number of carbonyl (C=O) groups is 1. The van der Waals surface area contributed by atoms with Crippen LogP contribution in [0.5, 0.6) is 0 Å². The lowest BCUT2D eigenvalue weighted by molar-refractivity contribution is -0.118. The van der Waals surface area contributed by atoms with Crippen molar-refractivity contribution in [2.24, 2.45) is 0 Å². The van der Waals surface area contributed by atoms with Gasteiger partial charge in [0.15, 0.2) is 5.78 Å². The van der Waals surface area contributed by atoms with Crippen LogP contribution in [0.1, 0.15) is 6.42 Å². The molecule has 0 saturated heterocycles. The van der Waals surface area contributed by atoms with Gasteiger partial charge in [-0.25, -0.2) is 0 Å². The first-order valence-corrected chi connectivity index (χ1v) is 6.95. The summed E-state index contributed by atoms with van der Waals surface area (Å²) >= 11 is 0. The highest BCUT2D eigenvalue weighted by Crippen LogP contribution is 2.14. The van der Waals surface area contributed by atoms with Gasteiger partial charge in [-0.2, -0.15) is 0 Å². The first kappa shape index (κ1) is 15.5. The number of hydrogen-bond donors (Lipinski definition) is 0. The SMILES string of the molecule is C=CC(=O)COCCC[Si](OC)(OC)OC. The Morgan fingerprint density at radius 2 is 1.81 bits per heavy atom. The summed E-state index contributed by atoms with van der Waals surface area (Å²) in [5.74, 6) is -0.117. The van der Waals surface area contributed by atoms with Crippen LogP contribution in [-0.4, -0.2) is 49.1 Å². The Balaban J connectivity index is 3.71. The molecule has 0 atom stereocenters. The second kappa shape index (κ2) is 8.60. The van der Waals surface area contributed by atoms with Crippen LogP contribution in [0.3, 0.4) is 0 Å². The zero-order chi connectivity index (χ0) is 12.4. The van der Waals surface area contributed by atoms with Crippen LogP contribution in [0.15, 0.2) is 12.7 Å². The van der Waals surface area contributed by atoms with Gasteiger partial charge in [0.25, 0.3) is 0 Å². The third-order valence-electron chi connectivity index (χ3n) is 2.18. The van der Waals surface area contributed by atoms with Crippen LogP contribution in [-0.2, 0) is 22.8 Å². The van der Waals surface area contributed by atoms with E-state index in [4.69, 9.17) is 18.0 Å². The summed E-state index contributed by atoms with van der Waals surface area (Å²) in [6, 6.07) is 0.665. The normalized spacial score (nSPS) is 11.4. The van der Waals surface area contributed by atoms with Gasteiger partial charge in [0, 0.05) is 34.0 Å². The standard InChI is InChI=1S/C10H20O5Si/c1-5-10(11)9-15-7-6-8-16(12-2,13-3)14-4/h5H,1,6-9H2,2-4H3. The summed E-state index contributed by atoms with van der Waals surface area (Å²) in [7, 11) is 2.22. The number of rotatable bonds is 10. The van der Waals surface area contributed by atoms with E-state index in [2.05, 4.69) is 6.58 Å². The molecule has 0 aliphatic carbocycles. The Hall–Kier alpha value is -0.533. The molecule has 0 spiro atoms. The first-order chi connectivity index (χ1) is 7.64. The monoisotopic (exact) mass is 248 g/mol. The average Bonchev–Trinajstić information content (AvgIpc) is 2.34. The van der Waals surface area contributed by atoms with Crippen molar-refractivity contribution >= 4 is 14.6 Å². The second-order valence-electron chi connectivity index (χ2n) is 3.12.